The molecule has 0 spiro atoms. The van der Waals surface area contributed by atoms with Gasteiger partial charge in [-0.05, 0) is 30.0 Å². The van der Waals surface area contributed by atoms with E-state index in [0.29, 0.717) is 12.8 Å². The maximum absolute atomic E-state index is 12.6. The van der Waals surface area contributed by atoms with Crippen LogP contribution >= 0.6 is 0 Å². The van der Waals surface area contributed by atoms with Crippen molar-refractivity contribution >= 4 is 5.91 Å². The lowest BCUT2D eigenvalue weighted by molar-refractivity contribution is -0.131. The van der Waals surface area contributed by atoms with Gasteiger partial charge >= 0.3 is 0 Å². The van der Waals surface area contributed by atoms with E-state index in [0.717, 1.165) is 16.7 Å². The molecule has 0 heterocycles. The molecule has 2 aromatic rings. The molecule has 0 aliphatic carbocycles. The van der Waals surface area contributed by atoms with Crippen LogP contribution in [0.25, 0.3) is 0 Å². The van der Waals surface area contributed by atoms with Gasteiger partial charge in [0.05, 0.1) is 12.5 Å². The lowest BCUT2D eigenvalue weighted by atomic mass is 10.0. The highest BCUT2D eigenvalue weighted by Crippen LogP contribution is 2.23. The SMILES string of the molecule is Cc1ccccc1CC(=O)N(C)C(CCO)c1ccccc1. The largest absolute Gasteiger partial charge is 0.396 e. The van der Waals surface area contributed by atoms with Crippen LogP contribution in [0.2, 0.25) is 0 Å². The van der Waals surface area contributed by atoms with E-state index in [1.54, 1.807) is 4.90 Å². The van der Waals surface area contributed by atoms with Crippen molar-refractivity contribution in [3.63, 3.8) is 0 Å². The Labute approximate surface area is 132 Å². The van der Waals surface area contributed by atoms with Gasteiger partial charge in [0, 0.05) is 13.7 Å². The van der Waals surface area contributed by atoms with Gasteiger partial charge in [-0.1, -0.05) is 54.6 Å². The summed E-state index contributed by atoms with van der Waals surface area (Å²) in [6, 6.07) is 17.7. The Hall–Kier alpha value is -2.13. The third-order valence-corrected chi connectivity index (χ3v) is 4.05. The second-order valence-electron chi connectivity index (χ2n) is 5.55. The Morgan fingerprint density at radius 3 is 2.36 bits per heavy atom. The molecular weight excluding hydrogens is 274 g/mol. The molecular formula is C19H23NO2. The number of carbonyl (C=O) groups is 1. The summed E-state index contributed by atoms with van der Waals surface area (Å²) < 4.78 is 0. The number of benzene rings is 2. The molecule has 3 heteroatoms. The van der Waals surface area contributed by atoms with Crippen molar-refractivity contribution in [2.24, 2.45) is 0 Å². The highest BCUT2D eigenvalue weighted by Gasteiger charge is 2.21. The number of hydrogen-bond acceptors (Lipinski definition) is 2. The van der Waals surface area contributed by atoms with Crippen molar-refractivity contribution in [3.05, 3.63) is 71.3 Å². The van der Waals surface area contributed by atoms with Crippen LogP contribution in [0.1, 0.15) is 29.2 Å². The monoisotopic (exact) mass is 297 g/mol. The summed E-state index contributed by atoms with van der Waals surface area (Å²) in [5.74, 6) is 0.0663. The molecule has 1 atom stereocenters. The third kappa shape index (κ3) is 3.95. The van der Waals surface area contributed by atoms with Crippen LogP contribution in [0.15, 0.2) is 54.6 Å². The highest BCUT2D eigenvalue weighted by molar-refractivity contribution is 5.79. The van der Waals surface area contributed by atoms with Crippen molar-refractivity contribution in [2.75, 3.05) is 13.7 Å². The number of aryl methyl sites for hydroxylation is 1. The molecule has 0 aliphatic rings. The molecule has 2 aromatic carbocycles. The second kappa shape index (κ2) is 7.76. The van der Waals surface area contributed by atoms with Gasteiger partial charge < -0.3 is 10.0 Å². The smallest absolute Gasteiger partial charge is 0.227 e. The first-order valence-electron chi connectivity index (χ1n) is 7.59. The van der Waals surface area contributed by atoms with Gasteiger partial charge in [0.15, 0.2) is 0 Å². The normalized spacial score (nSPS) is 12.0. The fraction of sp³-hybridized carbons (Fsp3) is 0.316. The van der Waals surface area contributed by atoms with Crippen LogP contribution in [0.4, 0.5) is 0 Å². The standard InChI is InChI=1S/C19H23NO2/c1-15-8-6-7-11-17(15)14-19(22)20(2)18(12-13-21)16-9-4-3-5-10-16/h3-11,18,21H,12-14H2,1-2H3. The van der Waals surface area contributed by atoms with Gasteiger partial charge in [-0.2, -0.15) is 0 Å². The first-order chi connectivity index (χ1) is 10.6. The summed E-state index contributed by atoms with van der Waals surface area (Å²) in [4.78, 5) is 14.3. The van der Waals surface area contributed by atoms with E-state index in [2.05, 4.69) is 0 Å². The Morgan fingerprint density at radius 1 is 1.09 bits per heavy atom. The molecule has 1 N–H and O–H groups in total. The van der Waals surface area contributed by atoms with Crippen molar-refractivity contribution < 1.29 is 9.90 Å². The lowest BCUT2D eigenvalue weighted by Crippen LogP contribution is -2.33. The summed E-state index contributed by atoms with van der Waals surface area (Å²) >= 11 is 0. The summed E-state index contributed by atoms with van der Waals surface area (Å²) in [5, 5.41) is 9.32. The molecule has 0 fully saturated rings. The third-order valence-electron chi connectivity index (χ3n) is 4.05. The van der Waals surface area contributed by atoms with Crippen LogP contribution in [0, 0.1) is 6.92 Å². The van der Waals surface area contributed by atoms with E-state index in [-0.39, 0.29) is 18.6 Å². The van der Waals surface area contributed by atoms with Crippen molar-refractivity contribution in [1.82, 2.24) is 4.90 Å². The molecule has 0 bridgehead atoms. The summed E-state index contributed by atoms with van der Waals surface area (Å²) in [5.41, 5.74) is 3.23. The van der Waals surface area contributed by atoms with E-state index >= 15 is 0 Å². The molecule has 1 unspecified atom stereocenters. The average molecular weight is 297 g/mol. The fourth-order valence-corrected chi connectivity index (χ4v) is 2.65. The Kier molecular flexibility index (Phi) is 5.73. The predicted octanol–water partition coefficient (Wildman–Crippen LogP) is 3.12. The van der Waals surface area contributed by atoms with Crippen LogP contribution in [-0.2, 0) is 11.2 Å². The molecule has 2 rings (SSSR count). The Morgan fingerprint density at radius 2 is 1.73 bits per heavy atom. The molecule has 22 heavy (non-hydrogen) atoms. The van der Waals surface area contributed by atoms with Crippen LogP contribution in [0.5, 0.6) is 0 Å². The van der Waals surface area contributed by atoms with E-state index in [1.165, 1.54) is 0 Å². The zero-order valence-corrected chi connectivity index (χ0v) is 13.2. The van der Waals surface area contributed by atoms with Crippen LogP contribution < -0.4 is 0 Å². The molecule has 3 nitrogen and oxygen atoms in total. The van der Waals surface area contributed by atoms with E-state index in [4.69, 9.17) is 0 Å². The maximum atomic E-state index is 12.6. The quantitative estimate of drug-likeness (QED) is 0.890. The minimum absolute atomic E-state index is 0.0571. The number of amides is 1. The number of hydrogen-bond donors (Lipinski definition) is 1. The zero-order chi connectivity index (χ0) is 15.9. The van der Waals surface area contributed by atoms with Gasteiger partial charge in [0.1, 0.15) is 0 Å². The van der Waals surface area contributed by atoms with Gasteiger partial charge in [-0.15, -0.1) is 0 Å². The summed E-state index contributed by atoms with van der Waals surface area (Å²) in [7, 11) is 1.81. The van der Waals surface area contributed by atoms with Crippen molar-refractivity contribution in [1.29, 1.82) is 0 Å². The number of rotatable bonds is 6. The lowest BCUT2D eigenvalue weighted by Gasteiger charge is -2.28. The number of aliphatic hydroxyl groups excluding tert-OH is 1. The second-order valence-corrected chi connectivity index (χ2v) is 5.55. The number of aliphatic hydroxyl groups is 1. The Bertz CT molecular complexity index is 610. The van der Waals surface area contributed by atoms with Crippen molar-refractivity contribution in [3.8, 4) is 0 Å². The van der Waals surface area contributed by atoms with Gasteiger partial charge in [0.25, 0.3) is 0 Å². The molecule has 1 amide bonds. The Balaban J connectivity index is 2.15. The molecule has 0 saturated heterocycles. The van der Waals surface area contributed by atoms with E-state index < -0.39 is 0 Å². The molecule has 0 aliphatic heterocycles. The predicted molar refractivity (Wildman–Crippen MR) is 88.5 cm³/mol. The highest BCUT2D eigenvalue weighted by atomic mass is 16.3. The average Bonchev–Trinajstić information content (AvgIpc) is 2.55. The van der Waals surface area contributed by atoms with Gasteiger partial charge in [-0.3, -0.25) is 4.79 Å². The first kappa shape index (κ1) is 16.2. The molecule has 116 valence electrons. The molecule has 0 aromatic heterocycles. The zero-order valence-electron chi connectivity index (χ0n) is 13.2. The van der Waals surface area contributed by atoms with Gasteiger partial charge in [0.2, 0.25) is 5.91 Å². The fourth-order valence-electron chi connectivity index (χ4n) is 2.65. The van der Waals surface area contributed by atoms with Gasteiger partial charge in [-0.25, -0.2) is 0 Å². The topological polar surface area (TPSA) is 40.5 Å². The summed E-state index contributed by atoms with van der Waals surface area (Å²) in [6.07, 6.45) is 0.929. The molecule has 0 saturated carbocycles. The minimum atomic E-state index is -0.0947. The number of nitrogens with zero attached hydrogens (tertiary/aromatic N) is 1. The number of likely N-dealkylation sites (N-methyl/N-ethyl adjacent to an activating group) is 1. The summed E-state index contributed by atoms with van der Waals surface area (Å²) in [6.45, 7) is 2.08. The van der Waals surface area contributed by atoms with Crippen LogP contribution in [0.3, 0.4) is 0 Å². The van der Waals surface area contributed by atoms with Crippen LogP contribution in [-0.4, -0.2) is 29.6 Å². The number of carbonyl (C=O) groups excluding carboxylic acids is 1. The maximum Gasteiger partial charge on any atom is 0.227 e. The first-order valence-corrected chi connectivity index (χ1v) is 7.59. The van der Waals surface area contributed by atoms with Crippen molar-refractivity contribution in [2.45, 2.75) is 25.8 Å². The van der Waals surface area contributed by atoms with E-state index in [1.807, 2.05) is 68.6 Å². The van der Waals surface area contributed by atoms with E-state index in [9.17, 15) is 9.90 Å². The molecule has 0 radical (unpaired) electrons. The minimum Gasteiger partial charge on any atom is -0.396 e.